The number of nitrogens with one attached hydrogen (secondary N) is 2. The highest BCUT2D eigenvalue weighted by Crippen LogP contribution is 2.28. The topological polar surface area (TPSA) is 108 Å². The molecule has 8 heteroatoms. The molecule has 0 saturated heterocycles. The number of aryl methyl sites for hydroxylation is 4. The molecule has 42 heavy (non-hydrogen) atoms. The summed E-state index contributed by atoms with van der Waals surface area (Å²) in [6, 6.07) is 18.6. The van der Waals surface area contributed by atoms with Crippen molar-refractivity contribution in [2.45, 2.75) is 72.6 Å². The average Bonchev–Trinajstić information content (AvgIpc) is 2.89. The number of para-hydroxylation sites is 1. The number of carbonyl (C=O) groups is 3. The molecule has 0 fully saturated rings. The van der Waals surface area contributed by atoms with Crippen LogP contribution in [0.4, 0.5) is 10.5 Å². The van der Waals surface area contributed by atoms with E-state index in [0.29, 0.717) is 11.3 Å². The molecule has 0 saturated carbocycles. The third-order valence-electron chi connectivity index (χ3n) is 6.74. The lowest BCUT2D eigenvalue weighted by molar-refractivity contribution is -0.141. The van der Waals surface area contributed by atoms with E-state index < -0.39 is 35.6 Å². The van der Waals surface area contributed by atoms with Crippen LogP contribution in [0.2, 0.25) is 0 Å². The summed E-state index contributed by atoms with van der Waals surface area (Å²) >= 11 is 0. The molecule has 224 valence electrons. The molecular formula is C34H43N3O5. The number of aliphatic hydroxyl groups excluding tert-OH is 1. The summed E-state index contributed by atoms with van der Waals surface area (Å²) in [5.41, 5.74) is 4.95. The fourth-order valence-corrected chi connectivity index (χ4v) is 5.02. The van der Waals surface area contributed by atoms with Gasteiger partial charge < -0.3 is 25.4 Å². The number of rotatable bonds is 10. The SMILES string of the molecule is Cc1cc(C)cc(C(C(=O)Nc2c(C)cccc2C)N(CCO)C(=O)C(Cc2ccccc2)NC(=O)OC(C)(C)C)c1. The molecular weight excluding hydrogens is 530 g/mol. The number of aliphatic hydroxyl groups is 1. The van der Waals surface area contributed by atoms with E-state index >= 15 is 0 Å². The van der Waals surface area contributed by atoms with Gasteiger partial charge in [0.1, 0.15) is 17.7 Å². The minimum atomic E-state index is -1.08. The second-order valence-corrected chi connectivity index (χ2v) is 11.7. The third kappa shape index (κ3) is 8.91. The van der Waals surface area contributed by atoms with E-state index in [1.54, 1.807) is 20.8 Å². The minimum absolute atomic E-state index is 0.127. The molecule has 0 aliphatic heterocycles. The number of anilines is 1. The molecule has 3 aromatic rings. The molecule has 0 heterocycles. The number of nitrogens with zero attached hydrogens (tertiary/aromatic N) is 1. The summed E-state index contributed by atoms with van der Waals surface area (Å²) in [6.07, 6.45) is -0.581. The Labute approximate surface area is 249 Å². The maximum absolute atomic E-state index is 14.4. The molecule has 3 aromatic carbocycles. The monoisotopic (exact) mass is 573 g/mol. The second-order valence-electron chi connectivity index (χ2n) is 11.7. The number of alkyl carbamates (subject to hydrolysis) is 1. The van der Waals surface area contributed by atoms with E-state index in [9.17, 15) is 19.5 Å². The van der Waals surface area contributed by atoms with E-state index in [2.05, 4.69) is 10.6 Å². The molecule has 8 nitrogen and oxygen atoms in total. The smallest absolute Gasteiger partial charge is 0.408 e. The zero-order valence-electron chi connectivity index (χ0n) is 25.7. The number of benzene rings is 3. The lowest BCUT2D eigenvalue weighted by Crippen LogP contribution is -2.54. The van der Waals surface area contributed by atoms with Gasteiger partial charge in [0.25, 0.3) is 5.91 Å². The van der Waals surface area contributed by atoms with Crippen molar-refractivity contribution in [3.05, 3.63) is 100 Å². The quantitative estimate of drug-likeness (QED) is 0.295. The van der Waals surface area contributed by atoms with Crippen LogP contribution in [-0.2, 0) is 20.7 Å². The number of hydrogen-bond donors (Lipinski definition) is 3. The van der Waals surface area contributed by atoms with Gasteiger partial charge >= 0.3 is 6.09 Å². The van der Waals surface area contributed by atoms with Gasteiger partial charge in [-0.1, -0.05) is 77.9 Å². The van der Waals surface area contributed by atoms with Gasteiger partial charge in [-0.05, 0) is 70.7 Å². The predicted octanol–water partition coefficient (Wildman–Crippen LogP) is 5.56. The largest absolute Gasteiger partial charge is 0.444 e. The summed E-state index contributed by atoms with van der Waals surface area (Å²) < 4.78 is 5.48. The van der Waals surface area contributed by atoms with Crippen LogP contribution in [0.1, 0.15) is 60.2 Å². The Kier molecular flexibility index (Phi) is 10.9. The van der Waals surface area contributed by atoms with E-state index in [0.717, 1.165) is 27.8 Å². The summed E-state index contributed by atoms with van der Waals surface area (Å²) in [6.45, 7) is 12.4. The van der Waals surface area contributed by atoms with Crippen LogP contribution >= 0.6 is 0 Å². The first-order valence-electron chi connectivity index (χ1n) is 14.2. The van der Waals surface area contributed by atoms with Crippen LogP contribution < -0.4 is 10.6 Å². The fourth-order valence-electron chi connectivity index (χ4n) is 5.02. The summed E-state index contributed by atoms with van der Waals surface area (Å²) in [4.78, 5) is 42.8. The number of ether oxygens (including phenoxy) is 1. The standard InChI is InChI=1S/C34H43N3O5/c1-22-18-23(2)20-27(19-22)30(31(39)36-29-24(3)12-11-13-25(29)4)37(16-17-38)32(40)28(21-26-14-9-8-10-15-26)35-33(41)42-34(5,6)7/h8-15,18-20,28,30,38H,16-17,21H2,1-7H3,(H,35,41)(H,36,39). The number of amides is 3. The Morgan fingerprint density at radius 2 is 1.48 bits per heavy atom. The summed E-state index contributed by atoms with van der Waals surface area (Å²) in [7, 11) is 0. The lowest BCUT2D eigenvalue weighted by atomic mass is 9.97. The molecule has 2 unspecified atom stereocenters. The normalized spacial score (nSPS) is 12.7. The molecule has 3 N–H and O–H groups in total. The number of hydrogen-bond acceptors (Lipinski definition) is 5. The van der Waals surface area contributed by atoms with Crippen molar-refractivity contribution in [3.63, 3.8) is 0 Å². The van der Waals surface area contributed by atoms with Crippen molar-refractivity contribution >= 4 is 23.6 Å². The molecule has 0 aromatic heterocycles. The molecule has 0 spiro atoms. The molecule has 0 radical (unpaired) electrons. The van der Waals surface area contributed by atoms with Crippen molar-refractivity contribution in [3.8, 4) is 0 Å². The van der Waals surface area contributed by atoms with Gasteiger partial charge in [-0.3, -0.25) is 9.59 Å². The summed E-state index contributed by atoms with van der Waals surface area (Å²) in [5, 5.41) is 15.9. The van der Waals surface area contributed by atoms with Crippen LogP contribution in [0.5, 0.6) is 0 Å². The highest BCUT2D eigenvalue weighted by Gasteiger charge is 2.36. The maximum Gasteiger partial charge on any atom is 0.408 e. The number of carbonyl (C=O) groups excluding carboxylic acids is 3. The Bertz CT molecular complexity index is 1360. The first kappa shape index (κ1) is 32.3. The molecule has 3 rings (SSSR count). The second kappa shape index (κ2) is 14.1. The van der Waals surface area contributed by atoms with Crippen molar-refractivity contribution in [2.75, 3.05) is 18.5 Å². The highest BCUT2D eigenvalue weighted by atomic mass is 16.6. The van der Waals surface area contributed by atoms with Crippen LogP contribution in [0.15, 0.2) is 66.7 Å². The van der Waals surface area contributed by atoms with Crippen LogP contribution in [0.25, 0.3) is 0 Å². The first-order valence-corrected chi connectivity index (χ1v) is 14.2. The van der Waals surface area contributed by atoms with E-state index in [1.807, 2.05) is 94.4 Å². The summed E-state index contributed by atoms with van der Waals surface area (Å²) in [5.74, 6) is -0.936. The first-order chi connectivity index (χ1) is 19.8. The van der Waals surface area contributed by atoms with E-state index in [1.165, 1.54) is 4.90 Å². The van der Waals surface area contributed by atoms with Crippen molar-refractivity contribution in [2.24, 2.45) is 0 Å². The van der Waals surface area contributed by atoms with Gasteiger partial charge in [0.2, 0.25) is 5.91 Å². The zero-order valence-corrected chi connectivity index (χ0v) is 25.7. The van der Waals surface area contributed by atoms with Gasteiger partial charge in [-0.25, -0.2) is 4.79 Å². The molecule has 0 bridgehead atoms. The van der Waals surface area contributed by atoms with Crippen molar-refractivity contribution in [1.29, 1.82) is 0 Å². The minimum Gasteiger partial charge on any atom is -0.444 e. The Balaban J connectivity index is 2.09. The van der Waals surface area contributed by atoms with Crippen molar-refractivity contribution < 1.29 is 24.2 Å². The molecule has 3 amide bonds. The van der Waals surface area contributed by atoms with Gasteiger partial charge in [0.15, 0.2) is 0 Å². The third-order valence-corrected chi connectivity index (χ3v) is 6.74. The Morgan fingerprint density at radius 1 is 0.881 bits per heavy atom. The zero-order chi connectivity index (χ0) is 31.0. The molecule has 2 atom stereocenters. The lowest BCUT2D eigenvalue weighted by Gasteiger charge is -2.34. The van der Waals surface area contributed by atoms with Gasteiger partial charge in [-0.2, -0.15) is 0 Å². The van der Waals surface area contributed by atoms with Gasteiger partial charge in [0.05, 0.1) is 6.61 Å². The molecule has 0 aliphatic rings. The fraction of sp³-hybridized carbons (Fsp3) is 0.382. The predicted molar refractivity (Wildman–Crippen MR) is 165 cm³/mol. The highest BCUT2D eigenvalue weighted by molar-refractivity contribution is 6.00. The van der Waals surface area contributed by atoms with Crippen LogP contribution in [0, 0.1) is 27.7 Å². The maximum atomic E-state index is 14.4. The Morgan fingerprint density at radius 3 is 2.02 bits per heavy atom. The van der Waals surface area contributed by atoms with Gasteiger partial charge in [-0.15, -0.1) is 0 Å². The van der Waals surface area contributed by atoms with E-state index in [4.69, 9.17) is 4.74 Å². The van der Waals surface area contributed by atoms with Crippen LogP contribution in [-0.4, -0.2) is 52.7 Å². The average molecular weight is 574 g/mol. The molecule has 0 aliphatic carbocycles. The van der Waals surface area contributed by atoms with Crippen LogP contribution in [0.3, 0.4) is 0 Å². The Hall–Kier alpha value is -4.17. The van der Waals surface area contributed by atoms with Crippen molar-refractivity contribution in [1.82, 2.24) is 10.2 Å². The van der Waals surface area contributed by atoms with Gasteiger partial charge in [0, 0.05) is 18.7 Å². The van der Waals surface area contributed by atoms with E-state index in [-0.39, 0.29) is 19.6 Å².